The first-order valence-electron chi connectivity index (χ1n) is 10.3. The standard InChI is InChI=1S/C23H24N4O3/c28-23(19-6-2-1-5-18(19)22-24-9-10-25-22)27-11-3-4-17(15-27)26-16-7-8-20-21(14-16)30-13-12-29-20/h1-2,5-10,14,17,26H,3-4,11-13,15H2,(H,24,25). The Morgan fingerprint density at radius 1 is 1.13 bits per heavy atom. The number of hydrogen-bond acceptors (Lipinski definition) is 5. The maximum atomic E-state index is 13.3. The van der Waals surface area contributed by atoms with Gasteiger partial charge < -0.3 is 24.7 Å². The minimum Gasteiger partial charge on any atom is -0.486 e. The van der Waals surface area contributed by atoms with Gasteiger partial charge >= 0.3 is 0 Å². The second-order valence-corrected chi connectivity index (χ2v) is 7.58. The van der Waals surface area contributed by atoms with Gasteiger partial charge in [-0.1, -0.05) is 18.2 Å². The van der Waals surface area contributed by atoms with Crippen molar-refractivity contribution in [3.63, 3.8) is 0 Å². The molecule has 0 spiro atoms. The molecule has 1 amide bonds. The number of rotatable bonds is 4. The monoisotopic (exact) mass is 404 g/mol. The lowest BCUT2D eigenvalue weighted by Crippen LogP contribution is -2.45. The Bertz CT molecular complexity index is 1030. The molecule has 1 saturated heterocycles. The Morgan fingerprint density at radius 2 is 2.00 bits per heavy atom. The van der Waals surface area contributed by atoms with Gasteiger partial charge in [0.25, 0.3) is 5.91 Å². The number of nitrogens with zero attached hydrogens (tertiary/aromatic N) is 2. The summed E-state index contributed by atoms with van der Waals surface area (Å²) >= 11 is 0. The van der Waals surface area contributed by atoms with E-state index in [1.54, 1.807) is 12.4 Å². The lowest BCUT2D eigenvalue weighted by molar-refractivity contribution is 0.0715. The van der Waals surface area contributed by atoms with Crippen molar-refractivity contribution in [2.75, 3.05) is 31.6 Å². The molecular formula is C23H24N4O3. The Hall–Kier alpha value is -3.48. The van der Waals surface area contributed by atoms with Crippen LogP contribution in [0.1, 0.15) is 23.2 Å². The first kappa shape index (κ1) is 18.5. The van der Waals surface area contributed by atoms with E-state index in [0.717, 1.165) is 42.1 Å². The first-order chi connectivity index (χ1) is 14.8. The van der Waals surface area contributed by atoms with Crippen molar-refractivity contribution < 1.29 is 14.3 Å². The molecule has 30 heavy (non-hydrogen) atoms. The van der Waals surface area contributed by atoms with Crippen molar-refractivity contribution in [1.29, 1.82) is 0 Å². The molecule has 1 aromatic heterocycles. The van der Waals surface area contributed by atoms with Crippen LogP contribution in [0.15, 0.2) is 54.9 Å². The smallest absolute Gasteiger partial charge is 0.254 e. The fourth-order valence-electron chi connectivity index (χ4n) is 4.11. The Labute approximate surface area is 175 Å². The van der Waals surface area contributed by atoms with Gasteiger partial charge in [-0.25, -0.2) is 4.98 Å². The highest BCUT2D eigenvalue weighted by atomic mass is 16.6. The number of imidazole rings is 1. The van der Waals surface area contributed by atoms with Crippen LogP contribution in [0.5, 0.6) is 11.5 Å². The summed E-state index contributed by atoms with van der Waals surface area (Å²) in [5.41, 5.74) is 2.48. The number of nitrogens with one attached hydrogen (secondary N) is 2. The van der Waals surface area contributed by atoms with Crippen molar-refractivity contribution in [3.8, 4) is 22.9 Å². The fourth-order valence-corrected chi connectivity index (χ4v) is 4.11. The number of likely N-dealkylation sites (tertiary alicyclic amines) is 1. The number of H-pyrrole nitrogens is 1. The molecule has 1 unspecified atom stereocenters. The third-order valence-electron chi connectivity index (χ3n) is 5.53. The number of aromatic amines is 1. The molecule has 5 rings (SSSR count). The highest BCUT2D eigenvalue weighted by Gasteiger charge is 2.26. The summed E-state index contributed by atoms with van der Waals surface area (Å²) in [6.07, 6.45) is 5.43. The van der Waals surface area contributed by atoms with E-state index in [0.29, 0.717) is 31.1 Å². The van der Waals surface area contributed by atoms with E-state index in [1.807, 2.05) is 47.4 Å². The fraction of sp³-hybridized carbons (Fsp3) is 0.304. The van der Waals surface area contributed by atoms with Gasteiger partial charge in [-0.05, 0) is 31.0 Å². The van der Waals surface area contributed by atoms with E-state index in [4.69, 9.17) is 9.47 Å². The number of fused-ring (bicyclic) bond motifs is 1. The van der Waals surface area contributed by atoms with Crippen LogP contribution in [-0.4, -0.2) is 53.1 Å². The van der Waals surface area contributed by atoms with E-state index < -0.39 is 0 Å². The van der Waals surface area contributed by atoms with Gasteiger partial charge in [-0.2, -0.15) is 0 Å². The molecular weight excluding hydrogens is 380 g/mol. The largest absolute Gasteiger partial charge is 0.486 e. The minimum absolute atomic E-state index is 0.0377. The first-order valence-corrected chi connectivity index (χ1v) is 10.3. The number of carbonyl (C=O) groups is 1. The Balaban J connectivity index is 1.31. The summed E-state index contributed by atoms with van der Waals surface area (Å²) in [5.74, 6) is 2.29. The molecule has 0 aliphatic carbocycles. The third kappa shape index (κ3) is 3.70. The van der Waals surface area contributed by atoms with E-state index in [2.05, 4.69) is 15.3 Å². The quantitative estimate of drug-likeness (QED) is 0.695. The Morgan fingerprint density at radius 3 is 2.87 bits per heavy atom. The molecule has 0 bridgehead atoms. The van der Waals surface area contributed by atoms with Crippen LogP contribution in [0, 0.1) is 0 Å². The van der Waals surface area contributed by atoms with Crippen LogP contribution in [-0.2, 0) is 0 Å². The summed E-state index contributed by atoms with van der Waals surface area (Å²) in [5, 5.41) is 3.56. The SMILES string of the molecule is O=C(c1ccccc1-c1ncc[nH]1)N1CCCC(Nc2ccc3c(c2)OCCO3)C1. The van der Waals surface area contributed by atoms with Crippen molar-refractivity contribution in [2.24, 2.45) is 0 Å². The normalized spacial score (nSPS) is 18.1. The van der Waals surface area contributed by atoms with Gasteiger partial charge in [0.2, 0.25) is 0 Å². The number of ether oxygens (including phenoxy) is 2. The van der Waals surface area contributed by atoms with Crippen LogP contribution in [0.25, 0.3) is 11.4 Å². The number of amides is 1. The predicted molar refractivity (Wildman–Crippen MR) is 114 cm³/mol. The van der Waals surface area contributed by atoms with Crippen LogP contribution in [0.3, 0.4) is 0 Å². The minimum atomic E-state index is 0.0377. The number of carbonyl (C=O) groups excluding carboxylic acids is 1. The zero-order valence-electron chi connectivity index (χ0n) is 16.6. The highest BCUT2D eigenvalue weighted by Crippen LogP contribution is 2.33. The average Bonchev–Trinajstić information content (AvgIpc) is 3.34. The summed E-state index contributed by atoms with van der Waals surface area (Å²) in [4.78, 5) is 22.7. The second kappa shape index (κ2) is 8.10. The topological polar surface area (TPSA) is 79.5 Å². The zero-order chi connectivity index (χ0) is 20.3. The molecule has 2 aliphatic heterocycles. The highest BCUT2D eigenvalue weighted by molar-refractivity contribution is 6.00. The van der Waals surface area contributed by atoms with E-state index in [1.165, 1.54) is 0 Å². The number of piperidine rings is 1. The number of aromatic nitrogens is 2. The van der Waals surface area contributed by atoms with Crippen LogP contribution < -0.4 is 14.8 Å². The molecule has 0 radical (unpaired) electrons. The van der Waals surface area contributed by atoms with Crippen LogP contribution in [0.2, 0.25) is 0 Å². The van der Waals surface area contributed by atoms with Crippen molar-refractivity contribution in [2.45, 2.75) is 18.9 Å². The molecule has 154 valence electrons. The maximum Gasteiger partial charge on any atom is 0.254 e. The molecule has 0 saturated carbocycles. The molecule has 7 nitrogen and oxygen atoms in total. The van der Waals surface area contributed by atoms with E-state index >= 15 is 0 Å². The molecule has 7 heteroatoms. The molecule has 2 aliphatic rings. The Kier molecular flexibility index (Phi) is 5.01. The number of anilines is 1. The molecule has 1 fully saturated rings. The van der Waals surface area contributed by atoms with Crippen molar-refractivity contribution in [3.05, 3.63) is 60.4 Å². The van der Waals surface area contributed by atoms with Crippen molar-refractivity contribution >= 4 is 11.6 Å². The lowest BCUT2D eigenvalue weighted by atomic mass is 10.0. The molecule has 2 aromatic carbocycles. The second-order valence-electron chi connectivity index (χ2n) is 7.58. The van der Waals surface area contributed by atoms with Crippen LogP contribution >= 0.6 is 0 Å². The summed E-state index contributed by atoms with van der Waals surface area (Å²) in [6, 6.07) is 13.7. The van der Waals surface area contributed by atoms with Gasteiger partial charge in [-0.15, -0.1) is 0 Å². The van der Waals surface area contributed by atoms with Gasteiger partial charge in [0.05, 0.1) is 5.56 Å². The third-order valence-corrected chi connectivity index (χ3v) is 5.53. The average molecular weight is 404 g/mol. The molecule has 3 heterocycles. The summed E-state index contributed by atoms with van der Waals surface area (Å²) in [7, 11) is 0. The molecule has 2 N–H and O–H groups in total. The number of benzene rings is 2. The zero-order valence-corrected chi connectivity index (χ0v) is 16.6. The van der Waals surface area contributed by atoms with Gasteiger partial charge in [0.1, 0.15) is 19.0 Å². The van der Waals surface area contributed by atoms with Gasteiger partial charge in [-0.3, -0.25) is 4.79 Å². The van der Waals surface area contributed by atoms with Crippen LogP contribution in [0.4, 0.5) is 5.69 Å². The van der Waals surface area contributed by atoms with Gasteiger partial charge in [0.15, 0.2) is 11.5 Å². The maximum absolute atomic E-state index is 13.3. The number of hydrogen-bond donors (Lipinski definition) is 2. The predicted octanol–water partition coefficient (Wildman–Crippen LogP) is 3.56. The summed E-state index contributed by atoms with van der Waals surface area (Å²) < 4.78 is 11.3. The van der Waals surface area contributed by atoms with Gasteiger partial charge in [0, 0.05) is 48.8 Å². The molecule has 1 atom stereocenters. The summed E-state index contributed by atoms with van der Waals surface area (Å²) in [6.45, 7) is 2.56. The molecule has 3 aromatic rings. The van der Waals surface area contributed by atoms with Crippen molar-refractivity contribution in [1.82, 2.24) is 14.9 Å². The van der Waals surface area contributed by atoms with E-state index in [9.17, 15) is 4.79 Å². The van der Waals surface area contributed by atoms with E-state index in [-0.39, 0.29) is 11.9 Å². The lowest BCUT2D eigenvalue weighted by Gasteiger charge is -2.34.